The number of nitrogens with zero attached hydrogens (tertiary/aromatic N) is 2. The van der Waals surface area contributed by atoms with E-state index < -0.39 is 0 Å². The Kier molecular flexibility index (Phi) is 4.56. The quantitative estimate of drug-likeness (QED) is 0.891. The molecule has 116 valence electrons. The molecule has 0 aliphatic carbocycles. The number of nitrogens with one attached hydrogen (secondary N) is 1. The standard InChI is InChI=1S/C15H24N4OS/c1-6-10(7-2)8(3)17-14(20)13-12(16)11-9(4)18-19(5)15(11)21-13/h8,10H,6-7,16H2,1-5H3,(H,17,20). The zero-order valence-corrected chi connectivity index (χ0v) is 14.2. The third-order valence-electron chi connectivity index (χ3n) is 4.20. The van der Waals surface area contributed by atoms with E-state index >= 15 is 0 Å². The van der Waals surface area contributed by atoms with Crippen LogP contribution in [0.25, 0.3) is 10.2 Å². The minimum atomic E-state index is -0.0764. The van der Waals surface area contributed by atoms with Crippen molar-refractivity contribution in [3.63, 3.8) is 0 Å². The number of fused-ring (bicyclic) bond motifs is 1. The lowest BCUT2D eigenvalue weighted by Crippen LogP contribution is -2.37. The molecule has 0 aliphatic heterocycles. The molecule has 1 atom stereocenters. The van der Waals surface area contributed by atoms with Crippen LogP contribution in [-0.4, -0.2) is 21.7 Å². The van der Waals surface area contributed by atoms with Crippen molar-refractivity contribution in [2.24, 2.45) is 13.0 Å². The number of carbonyl (C=O) groups excluding carboxylic acids is 1. The second kappa shape index (κ2) is 6.05. The maximum atomic E-state index is 12.5. The van der Waals surface area contributed by atoms with Crippen LogP contribution in [-0.2, 0) is 7.05 Å². The van der Waals surface area contributed by atoms with Gasteiger partial charge in [0.15, 0.2) is 0 Å². The van der Waals surface area contributed by atoms with Crippen molar-refractivity contribution in [1.29, 1.82) is 0 Å². The predicted octanol–water partition coefficient (Wildman–Crippen LogP) is 3.08. The van der Waals surface area contributed by atoms with Gasteiger partial charge in [0.05, 0.1) is 16.8 Å². The van der Waals surface area contributed by atoms with Gasteiger partial charge >= 0.3 is 0 Å². The normalized spacial score (nSPS) is 13.0. The second-order valence-corrected chi connectivity index (χ2v) is 6.57. The lowest BCUT2D eigenvalue weighted by molar-refractivity contribution is 0.0930. The molecule has 3 N–H and O–H groups in total. The molecule has 2 aromatic rings. The molecule has 0 bridgehead atoms. The Morgan fingerprint density at radius 3 is 2.57 bits per heavy atom. The molecule has 0 spiro atoms. The Morgan fingerprint density at radius 2 is 2.05 bits per heavy atom. The van der Waals surface area contributed by atoms with Crippen molar-refractivity contribution in [3.05, 3.63) is 10.6 Å². The summed E-state index contributed by atoms with van der Waals surface area (Å²) in [6.07, 6.45) is 2.12. The maximum absolute atomic E-state index is 12.5. The van der Waals surface area contributed by atoms with Crippen LogP contribution in [0.4, 0.5) is 5.69 Å². The van der Waals surface area contributed by atoms with Gasteiger partial charge in [0.2, 0.25) is 0 Å². The first kappa shape index (κ1) is 15.8. The summed E-state index contributed by atoms with van der Waals surface area (Å²) in [5.41, 5.74) is 7.59. The molecule has 2 aromatic heterocycles. The highest BCUT2D eigenvalue weighted by atomic mass is 32.1. The number of aryl methyl sites for hydroxylation is 2. The molecule has 1 unspecified atom stereocenters. The largest absolute Gasteiger partial charge is 0.397 e. The fourth-order valence-corrected chi connectivity index (χ4v) is 3.97. The van der Waals surface area contributed by atoms with E-state index in [4.69, 9.17) is 5.73 Å². The fourth-order valence-electron chi connectivity index (χ4n) is 2.88. The SMILES string of the molecule is CCC(CC)C(C)NC(=O)c1sc2c(c(C)nn2C)c1N. The van der Waals surface area contributed by atoms with E-state index in [-0.39, 0.29) is 11.9 Å². The third-order valence-corrected chi connectivity index (χ3v) is 5.47. The summed E-state index contributed by atoms with van der Waals surface area (Å²) in [5, 5.41) is 8.34. The van der Waals surface area contributed by atoms with Gasteiger partial charge in [0.1, 0.15) is 9.71 Å². The van der Waals surface area contributed by atoms with Crippen LogP contribution in [0.5, 0.6) is 0 Å². The highest BCUT2D eigenvalue weighted by Gasteiger charge is 2.23. The molecule has 0 saturated heterocycles. The average molecular weight is 308 g/mol. The van der Waals surface area contributed by atoms with Gasteiger partial charge in [-0.25, -0.2) is 0 Å². The molecule has 6 heteroatoms. The summed E-state index contributed by atoms with van der Waals surface area (Å²) in [6, 6.07) is 0.149. The number of hydrogen-bond acceptors (Lipinski definition) is 4. The first-order chi connectivity index (χ1) is 9.90. The number of thiophene rings is 1. The predicted molar refractivity (Wildman–Crippen MR) is 88.7 cm³/mol. The Labute approximate surface area is 129 Å². The zero-order valence-electron chi connectivity index (χ0n) is 13.4. The van der Waals surface area contributed by atoms with Gasteiger partial charge in [0.25, 0.3) is 5.91 Å². The number of nitrogen functional groups attached to an aromatic ring is 1. The average Bonchev–Trinajstić information content (AvgIpc) is 2.90. The van der Waals surface area contributed by atoms with Gasteiger partial charge in [-0.15, -0.1) is 11.3 Å². The van der Waals surface area contributed by atoms with Crippen molar-refractivity contribution in [3.8, 4) is 0 Å². The molecule has 2 rings (SSSR count). The number of amides is 1. The summed E-state index contributed by atoms with van der Waals surface area (Å²) in [4.78, 5) is 14.0. The monoisotopic (exact) mass is 308 g/mol. The van der Waals surface area contributed by atoms with E-state index in [1.165, 1.54) is 11.3 Å². The van der Waals surface area contributed by atoms with Crippen LogP contribution in [0.3, 0.4) is 0 Å². The summed E-state index contributed by atoms with van der Waals surface area (Å²) in [5.74, 6) is 0.417. The maximum Gasteiger partial charge on any atom is 0.263 e. The van der Waals surface area contributed by atoms with E-state index in [0.717, 1.165) is 28.8 Å². The minimum absolute atomic E-state index is 0.0764. The van der Waals surface area contributed by atoms with Crippen molar-refractivity contribution < 1.29 is 4.79 Å². The van der Waals surface area contributed by atoms with E-state index in [0.29, 0.717) is 16.5 Å². The highest BCUT2D eigenvalue weighted by molar-refractivity contribution is 7.21. The number of anilines is 1. The van der Waals surface area contributed by atoms with Crippen molar-refractivity contribution in [2.75, 3.05) is 5.73 Å². The number of hydrogen-bond donors (Lipinski definition) is 2. The first-order valence-corrected chi connectivity index (χ1v) is 8.24. The van der Waals surface area contributed by atoms with Gasteiger partial charge in [0, 0.05) is 13.1 Å². The van der Waals surface area contributed by atoms with E-state index in [1.54, 1.807) is 4.68 Å². The summed E-state index contributed by atoms with van der Waals surface area (Å²) in [6.45, 7) is 8.28. The van der Waals surface area contributed by atoms with E-state index in [1.807, 2.05) is 14.0 Å². The zero-order chi connectivity index (χ0) is 15.7. The third kappa shape index (κ3) is 2.77. The summed E-state index contributed by atoms with van der Waals surface area (Å²) >= 11 is 1.41. The molecule has 5 nitrogen and oxygen atoms in total. The second-order valence-electron chi connectivity index (χ2n) is 5.57. The Morgan fingerprint density at radius 1 is 1.43 bits per heavy atom. The van der Waals surface area contributed by atoms with Crippen molar-refractivity contribution in [1.82, 2.24) is 15.1 Å². The molecule has 0 aliphatic rings. The lowest BCUT2D eigenvalue weighted by atomic mass is 9.95. The van der Waals surface area contributed by atoms with Crippen LogP contribution >= 0.6 is 11.3 Å². The van der Waals surface area contributed by atoms with E-state index in [2.05, 4.69) is 31.2 Å². The van der Waals surface area contributed by atoms with Crippen molar-refractivity contribution >= 4 is 33.1 Å². The molecule has 1 amide bonds. The van der Waals surface area contributed by atoms with E-state index in [9.17, 15) is 4.79 Å². The molecule has 0 aromatic carbocycles. The van der Waals surface area contributed by atoms with Crippen molar-refractivity contribution in [2.45, 2.75) is 46.6 Å². The number of rotatable bonds is 5. The van der Waals surface area contributed by atoms with Gasteiger partial charge in [-0.3, -0.25) is 9.48 Å². The number of nitrogens with two attached hydrogens (primary N) is 1. The molecule has 0 saturated carbocycles. The van der Waals surface area contributed by atoms with Crippen LogP contribution in [0, 0.1) is 12.8 Å². The molecular weight excluding hydrogens is 284 g/mol. The van der Waals surface area contributed by atoms with Gasteiger partial charge in [-0.2, -0.15) is 5.10 Å². The lowest BCUT2D eigenvalue weighted by Gasteiger charge is -2.22. The highest BCUT2D eigenvalue weighted by Crippen LogP contribution is 2.35. The van der Waals surface area contributed by atoms with Gasteiger partial charge < -0.3 is 11.1 Å². The van der Waals surface area contributed by atoms with Crippen LogP contribution < -0.4 is 11.1 Å². The smallest absolute Gasteiger partial charge is 0.263 e. The molecular formula is C15H24N4OS. The molecule has 0 fully saturated rings. The summed E-state index contributed by atoms with van der Waals surface area (Å²) < 4.78 is 1.78. The summed E-state index contributed by atoms with van der Waals surface area (Å²) in [7, 11) is 1.87. The van der Waals surface area contributed by atoms with Crippen LogP contribution in [0.1, 0.15) is 49.0 Å². The van der Waals surface area contributed by atoms with Crippen LogP contribution in [0.15, 0.2) is 0 Å². The Balaban J connectivity index is 2.28. The van der Waals surface area contributed by atoms with Gasteiger partial charge in [-0.1, -0.05) is 26.7 Å². The number of aromatic nitrogens is 2. The topological polar surface area (TPSA) is 72.9 Å². The molecule has 21 heavy (non-hydrogen) atoms. The molecule has 0 radical (unpaired) electrons. The molecule has 2 heterocycles. The fraction of sp³-hybridized carbons (Fsp3) is 0.600. The van der Waals surface area contributed by atoms with Gasteiger partial charge in [-0.05, 0) is 19.8 Å². The van der Waals surface area contributed by atoms with Crippen LogP contribution in [0.2, 0.25) is 0 Å². The Hall–Kier alpha value is -1.56. The number of carbonyl (C=O) groups is 1. The minimum Gasteiger partial charge on any atom is -0.397 e. The Bertz CT molecular complexity index is 654. The first-order valence-electron chi connectivity index (χ1n) is 7.43.